The fourth-order valence-corrected chi connectivity index (χ4v) is 3.43. The molecule has 1 aliphatic carbocycles. The summed E-state index contributed by atoms with van der Waals surface area (Å²) in [5.41, 5.74) is 2.71. The van der Waals surface area contributed by atoms with Crippen molar-refractivity contribution in [3.05, 3.63) is 47.0 Å². The Labute approximate surface area is 162 Å². The van der Waals surface area contributed by atoms with Gasteiger partial charge >= 0.3 is 5.97 Å². The van der Waals surface area contributed by atoms with E-state index in [1.807, 2.05) is 0 Å². The number of ether oxygens (including phenoxy) is 3. The molecule has 1 atom stereocenters. The van der Waals surface area contributed by atoms with Crippen LogP contribution in [-0.4, -0.2) is 29.9 Å². The first-order valence-corrected chi connectivity index (χ1v) is 9.27. The summed E-state index contributed by atoms with van der Waals surface area (Å²) in [6.07, 6.45) is 2.87. The molecular formula is C21H21NO6. The highest BCUT2D eigenvalue weighted by Gasteiger charge is 2.24. The molecule has 0 unspecified atom stereocenters. The second-order valence-corrected chi connectivity index (χ2v) is 6.95. The third kappa shape index (κ3) is 3.60. The molecular weight excluding hydrogens is 362 g/mol. The molecule has 0 aromatic heterocycles. The van der Waals surface area contributed by atoms with Gasteiger partial charge in [-0.1, -0.05) is 0 Å². The van der Waals surface area contributed by atoms with Gasteiger partial charge in [-0.15, -0.1) is 0 Å². The second kappa shape index (κ2) is 7.42. The SMILES string of the molecule is C[C@H](OC(=O)c1cc2c(cc1O)CCCC2)C(=O)Nc1ccc2c(c1)OCO2. The Balaban J connectivity index is 1.42. The van der Waals surface area contributed by atoms with Gasteiger partial charge in [-0.05, 0) is 68.0 Å². The number of aromatic hydroxyl groups is 1. The number of carbonyl (C=O) groups is 2. The van der Waals surface area contributed by atoms with E-state index in [2.05, 4.69) is 5.32 Å². The van der Waals surface area contributed by atoms with Gasteiger partial charge in [0.2, 0.25) is 6.79 Å². The lowest BCUT2D eigenvalue weighted by Crippen LogP contribution is -2.30. The Morgan fingerprint density at radius 2 is 1.79 bits per heavy atom. The minimum atomic E-state index is -1.03. The third-order valence-electron chi connectivity index (χ3n) is 4.97. The molecule has 0 bridgehead atoms. The molecule has 0 saturated carbocycles. The molecule has 146 valence electrons. The number of esters is 1. The highest BCUT2D eigenvalue weighted by molar-refractivity contribution is 5.98. The number of hydrogen-bond donors (Lipinski definition) is 2. The van der Waals surface area contributed by atoms with Crippen molar-refractivity contribution in [3.8, 4) is 17.2 Å². The van der Waals surface area contributed by atoms with Crippen molar-refractivity contribution in [3.63, 3.8) is 0 Å². The fraction of sp³-hybridized carbons (Fsp3) is 0.333. The van der Waals surface area contributed by atoms with Gasteiger partial charge in [-0.3, -0.25) is 4.79 Å². The zero-order valence-electron chi connectivity index (χ0n) is 15.5. The number of aryl methyl sites for hydroxylation is 2. The minimum absolute atomic E-state index is 0.0865. The van der Waals surface area contributed by atoms with Gasteiger partial charge in [-0.2, -0.15) is 0 Å². The summed E-state index contributed by atoms with van der Waals surface area (Å²) in [6, 6.07) is 8.32. The molecule has 0 saturated heterocycles. The van der Waals surface area contributed by atoms with Crippen molar-refractivity contribution in [2.24, 2.45) is 0 Å². The number of nitrogens with one attached hydrogen (secondary N) is 1. The average molecular weight is 383 g/mol. The number of benzene rings is 2. The van der Waals surface area contributed by atoms with E-state index in [0.29, 0.717) is 17.2 Å². The van der Waals surface area contributed by atoms with Gasteiger partial charge in [-0.25, -0.2) is 4.79 Å². The molecule has 7 heteroatoms. The Bertz CT molecular complexity index is 939. The van der Waals surface area contributed by atoms with Gasteiger partial charge in [0.15, 0.2) is 17.6 Å². The van der Waals surface area contributed by atoms with Crippen LogP contribution in [0.5, 0.6) is 17.2 Å². The Hall–Kier alpha value is -3.22. The lowest BCUT2D eigenvalue weighted by molar-refractivity contribution is -0.123. The first-order chi connectivity index (χ1) is 13.5. The maximum Gasteiger partial charge on any atom is 0.342 e. The van der Waals surface area contributed by atoms with E-state index in [1.165, 1.54) is 6.92 Å². The van der Waals surface area contributed by atoms with Crippen molar-refractivity contribution in [2.75, 3.05) is 12.1 Å². The van der Waals surface area contributed by atoms with Gasteiger partial charge in [0.25, 0.3) is 5.91 Å². The summed E-state index contributed by atoms with van der Waals surface area (Å²) in [4.78, 5) is 24.8. The summed E-state index contributed by atoms with van der Waals surface area (Å²) in [5, 5.41) is 12.9. The maximum absolute atomic E-state index is 12.5. The van der Waals surface area contributed by atoms with Crippen LogP contribution in [0.25, 0.3) is 0 Å². The van der Waals surface area contributed by atoms with Crippen LogP contribution < -0.4 is 14.8 Å². The second-order valence-electron chi connectivity index (χ2n) is 6.95. The number of phenolic OH excluding ortho intramolecular Hbond substituents is 1. The predicted octanol–water partition coefficient (Wildman–Crippen LogP) is 3.18. The molecule has 1 heterocycles. The summed E-state index contributed by atoms with van der Waals surface area (Å²) >= 11 is 0. The van der Waals surface area contributed by atoms with Crippen molar-refractivity contribution in [2.45, 2.75) is 38.7 Å². The van der Waals surface area contributed by atoms with Crippen LogP contribution in [0.4, 0.5) is 5.69 Å². The Morgan fingerprint density at radius 1 is 1.07 bits per heavy atom. The largest absolute Gasteiger partial charge is 0.507 e. The van der Waals surface area contributed by atoms with E-state index in [-0.39, 0.29) is 18.1 Å². The minimum Gasteiger partial charge on any atom is -0.507 e. The molecule has 0 radical (unpaired) electrons. The van der Waals surface area contributed by atoms with E-state index < -0.39 is 18.0 Å². The highest BCUT2D eigenvalue weighted by atomic mass is 16.7. The topological polar surface area (TPSA) is 94.1 Å². The number of anilines is 1. The van der Waals surface area contributed by atoms with Crippen LogP contribution in [0.2, 0.25) is 0 Å². The lowest BCUT2D eigenvalue weighted by Gasteiger charge is -2.18. The summed E-state index contributed by atoms with van der Waals surface area (Å²) in [6.45, 7) is 1.63. The van der Waals surface area contributed by atoms with E-state index >= 15 is 0 Å². The molecule has 2 N–H and O–H groups in total. The number of carbonyl (C=O) groups excluding carboxylic acids is 2. The smallest absolute Gasteiger partial charge is 0.342 e. The van der Waals surface area contributed by atoms with Gasteiger partial charge < -0.3 is 24.6 Å². The predicted molar refractivity (Wildman–Crippen MR) is 101 cm³/mol. The standard InChI is InChI=1S/C21H21NO6/c1-12(20(24)22-15-6-7-18-19(10-15)27-11-26-18)28-21(25)16-8-13-4-2-3-5-14(13)9-17(16)23/h6-10,12,23H,2-5,11H2,1H3,(H,22,24)/t12-/m0/s1. The van der Waals surface area contributed by atoms with Crippen LogP contribution in [0, 0.1) is 0 Å². The Kier molecular flexibility index (Phi) is 4.81. The molecule has 0 spiro atoms. The average Bonchev–Trinajstić information content (AvgIpc) is 3.15. The molecule has 2 aromatic rings. The summed E-state index contributed by atoms with van der Waals surface area (Å²) in [7, 11) is 0. The number of rotatable bonds is 4. The third-order valence-corrected chi connectivity index (χ3v) is 4.97. The molecule has 2 aliphatic rings. The van der Waals surface area contributed by atoms with Gasteiger partial charge in [0.05, 0.1) is 0 Å². The molecule has 1 aliphatic heterocycles. The van der Waals surface area contributed by atoms with Crippen molar-refractivity contribution >= 4 is 17.6 Å². The zero-order chi connectivity index (χ0) is 19.7. The monoisotopic (exact) mass is 383 g/mol. The van der Waals surface area contributed by atoms with Crippen LogP contribution in [0.15, 0.2) is 30.3 Å². The first-order valence-electron chi connectivity index (χ1n) is 9.27. The number of phenols is 1. The van der Waals surface area contributed by atoms with E-state index in [4.69, 9.17) is 14.2 Å². The summed E-state index contributed by atoms with van der Waals surface area (Å²) in [5.74, 6) is -0.167. The van der Waals surface area contributed by atoms with Crippen molar-refractivity contribution in [1.82, 2.24) is 0 Å². The first kappa shape index (κ1) is 18.2. The summed E-state index contributed by atoms with van der Waals surface area (Å²) < 4.78 is 15.8. The fourth-order valence-electron chi connectivity index (χ4n) is 3.43. The highest BCUT2D eigenvalue weighted by Crippen LogP contribution is 2.34. The van der Waals surface area contributed by atoms with E-state index in [0.717, 1.165) is 36.8 Å². The van der Waals surface area contributed by atoms with Gasteiger partial charge in [0.1, 0.15) is 11.3 Å². The Morgan fingerprint density at radius 3 is 2.57 bits per heavy atom. The van der Waals surface area contributed by atoms with E-state index in [9.17, 15) is 14.7 Å². The normalized spacial score (nSPS) is 15.5. The van der Waals surface area contributed by atoms with Crippen LogP contribution >= 0.6 is 0 Å². The maximum atomic E-state index is 12.5. The molecule has 2 aromatic carbocycles. The lowest BCUT2D eigenvalue weighted by atomic mass is 9.90. The van der Waals surface area contributed by atoms with E-state index in [1.54, 1.807) is 30.3 Å². The number of fused-ring (bicyclic) bond motifs is 2. The van der Waals surface area contributed by atoms with Crippen LogP contribution in [0.1, 0.15) is 41.3 Å². The number of amides is 1. The molecule has 4 rings (SSSR count). The zero-order valence-corrected chi connectivity index (χ0v) is 15.5. The molecule has 1 amide bonds. The van der Waals surface area contributed by atoms with Crippen molar-refractivity contribution < 1.29 is 28.9 Å². The molecule has 0 fully saturated rings. The molecule has 28 heavy (non-hydrogen) atoms. The van der Waals surface area contributed by atoms with Gasteiger partial charge in [0, 0.05) is 11.8 Å². The van der Waals surface area contributed by atoms with Crippen molar-refractivity contribution in [1.29, 1.82) is 0 Å². The molecule has 7 nitrogen and oxygen atoms in total. The quantitative estimate of drug-likeness (QED) is 0.788. The number of hydrogen-bond acceptors (Lipinski definition) is 6. The van der Waals surface area contributed by atoms with Crippen LogP contribution in [-0.2, 0) is 22.4 Å². The van der Waals surface area contributed by atoms with Crippen LogP contribution in [0.3, 0.4) is 0 Å².